The number of fused-ring (bicyclic) bond motifs is 1. The Hall–Kier alpha value is -0.610. The van der Waals surface area contributed by atoms with Crippen LogP contribution in [0.5, 0.6) is 0 Å². The van der Waals surface area contributed by atoms with Crippen LogP contribution >= 0.6 is 11.3 Å². The summed E-state index contributed by atoms with van der Waals surface area (Å²) in [4.78, 5) is 5.70. The SMILES string of the molecule is CNc1nc2c(s1)COC2(C)C. The average molecular weight is 184 g/mol. The van der Waals surface area contributed by atoms with Gasteiger partial charge in [-0.3, -0.25) is 0 Å². The van der Waals surface area contributed by atoms with Crippen molar-refractivity contribution in [2.24, 2.45) is 0 Å². The van der Waals surface area contributed by atoms with Gasteiger partial charge in [0.1, 0.15) is 5.60 Å². The van der Waals surface area contributed by atoms with Gasteiger partial charge in [-0.1, -0.05) is 11.3 Å². The van der Waals surface area contributed by atoms with Gasteiger partial charge in [0.2, 0.25) is 0 Å². The molecule has 0 aromatic carbocycles. The molecule has 66 valence electrons. The molecule has 1 aromatic rings. The first-order valence-electron chi connectivity index (χ1n) is 3.95. The molecule has 1 aliphatic rings. The van der Waals surface area contributed by atoms with Gasteiger partial charge in [-0.05, 0) is 13.8 Å². The van der Waals surface area contributed by atoms with Gasteiger partial charge in [-0.15, -0.1) is 0 Å². The van der Waals surface area contributed by atoms with Crippen molar-refractivity contribution in [3.8, 4) is 0 Å². The molecule has 1 aliphatic heterocycles. The van der Waals surface area contributed by atoms with Crippen LogP contribution in [0.2, 0.25) is 0 Å². The lowest BCUT2D eigenvalue weighted by Gasteiger charge is -2.15. The Bertz CT molecular complexity index is 306. The summed E-state index contributed by atoms with van der Waals surface area (Å²) < 4.78 is 5.57. The summed E-state index contributed by atoms with van der Waals surface area (Å²) >= 11 is 1.68. The van der Waals surface area contributed by atoms with Crippen molar-refractivity contribution in [2.45, 2.75) is 26.1 Å². The third-order valence-electron chi connectivity index (χ3n) is 2.05. The lowest BCUT2D eigenvalue weighted by molar-refractivity contribution is -0.00981. The van der Waals surface area contributed by atoms with Gasteiger partial charge in [0.25, 0.3) is 0 Å². The van der Waals surface area contributed by atoms with Gasteiger partial charge < -0.3 is 10.1 Å². The fourth-order valence-corrected chi connectivity index (χ4v) is 2.32. The molecule has 0 spiro atoms. The highest BCUT2D eigenvalue weighted by atomic mass is 32.1. The van der Waals surface area contributed by atoms with Crippen LogP contribution < -0.4 is 5.32 Å². The molecule has 1 aromatic heterocycles. The molecular weight excluding hydrogens is 172 g/mol. The first-order valence-corrected chi connectivity index (χ1v) is 4.77. The highest BCUT2D eigenvalue weighted by molar-refractivity contribution is 7.15. The standard InChI is InChI=1S/C8H12N2OS/c1-8(2)6-5(4-11-8)12-7(9-3)10-6/h4H2,1-3H3,(H,9,10). The zero-order valence-corrected chi connectivity index (χ0v) is 8.29. The molecule has 12 heavy (non-hydrogen) atoms. The first kappa shape index (κ1) is 8.01. The molecule has 0 amide bonds. The molecule has 2 heterocycles. The Morgan fingerprint density at radius 2 is 2.33 bits per heavy atom. The number of nitrogens with one attached hydrogen (secondary N) is 1. The maximum Gasteiger partial charge on any atom is 0.183 e. The van der Waals surface area contributed by atoms with Gasteiger partial charge in [-0.25, -0.2) is 4.98 Å². The molecule has 0 unspecified atom stereocenters. The number of hydrogen-bond acceptors (Lipinski definition) is 4. The Morgan fingerprint density at radius 1 is 1.58 bits per heavy atom. The number of ether oxygens (including phenoxy) is 1. The predicted octanol–water partition coefficient (Wildman–Crippen LogP) is 1.95. The summed E-state index contributed by atoms with van der Waals surface area (Å²) in [6, 6.07) is 0. The molecular formula is C8H12N2OS. The molecule has 0 fully saturated rings. The van der Waals surface area contributed by atoms with E-state index in [1.165, 1.54) is 4.88 Å². The molecule has 0 bridgehead atoms. The van der Waals surface area contributed by atoms with E-state index in [-0.39, 0.29) is 5.60 Å². The fourth-order valence-electron chi connectivity index (χ4n) is 1.34. The quantitative estimate of drug-likeness (QED) is 0.724. The Morgan fingerprint density at radius 3 is 2.92 bits per heavy atom. The summed E-state index contributed by atoms with van der Waals surface area (Å²) in [5, 5.41) is 4.03. The Balaban J connectivity index is 2.44. The van der Waals surface area contributed by atoms with E-state index in [0.717, 1.165) is 10.8 Å². The van der Waals surface area contributed by atoms with Crippen LogP contribution in [-0.2, 0) is 16.9 Å². The smallest absolute Gasteiger partial charge is 0.183 e. The van der Waals surface area contributed by atoms with E-state index >= 15 is 0 Å². The zero-order valence-electron chi connectivity index (χ0n) is 7.47. The number of hydrogen-bond donors (Lipinski definition) is 1. The second-order valence-electron chi connectivity index (χ2n) is 3.34. The van der Waals surface area contributed by atoms with Crippen LogP contribution in [0, 0.1) is 0 Å². The van der Waals surface area contributed by atoms with E-state index in [9.17, 15) is 0 Å². The highest BCUT2D eigenvalue weighted by Gasteiger charge is 2.34. The van der Waals surface area contributed by atoms with Gasteiger partial charge >= 0.3 is 0 Å². The lowest BCUT2D eigenvalue weighted by Crippen LogP contribution is -2.15. The third-order valence-corrected chi connectivity index (χ3v) is 3.09. The van der Waals surface area contributed by atoms with Gasteiger partial charge in [-0.2, -0.15) is 0 Å². The van der Waals surface area contributed by atoms with Crippen molar-refractivity contribution >= 4 is 16.5 Å². The highest BCUT2D eigenvalue weighted by Crippen LogP contribution is 2.39. The summed E-state index contributed by atoms with van der Waals surface area (Å²) in [7, 11) is 1.89. The van der Waals surface area contributed by atoms with E-state index < -0.39 is 0 Å². The summed E-state index contributed by atoms with van der Waals surface area (Å²) in [6.07, 6.45) is 0. The Kier molecular flexibility index (Phi) is 1.63. The number of thiazole rings is 1. The molecule has 0 saturated carbocycles. The molecule has 0 aliphatic carbocycles. The van der Waals surface area contributed by atoms with Crippen LogP contribution in [0.1, 0.15) is 24.4 Å². The fraction of sp³-hybridized carbons (Fsp3) is 0.625. The largest absolute Gasteiger partial charge is 0.365 e. The van der Waals surface area contributed by atoms with Crippen molar-refractivity contribution in [3.63, 3.8) is 0 Å². The molecule has 0 radical (unpaired) electrons. The lowest BCUT2D eigenvalue weighted by atomic mass is 10.1. The number of rotatable bonds is 1. The van der Waals surface area contributed by atoms with E-state index in [4.69, 9.17) is 4.74 Å². The van der Waals surface area contributed by atoms with E-state index in [2.05, 4.69) is 24.1 Å². The molecule has 0 saturated heterocycles. The maximum absolute atomic E-state index is 5.57. The number of aromatic nitrogens is 1. The van der Waals surface area contributed by atoms with Crippen LogP contribution in [0.25, 0.3) is 0 Å². The van der Waals surface area contributed by atoms with Gasteiger partial charge in [0.05, 0.1) is 17.2 Å². The Labute approximate surface area is 75.8 Å². The monoisotopic (exact) mass is 184 g/mol. The van der Waals surface area contributed by atoms with E-state index in [1.54, 1.807) is 11.3 Å². The van der Waals surface area contributed by atoms with Crippen molar-refractivity contribution < 1.29 is 4.74 Å². The molecule has 0 atom stereocenters. The van der Waals surface area contributed by atoms with Gasteiger partial charge in [0.15, 0.2) is 5.13 Å². The first-order chi connectivity index (χ1) is 5.63. The van der Waals surface area contributed by atoms with Crippen molar-refractivity contribution in [1.29, 1.82) is 0 Å². The van der Waals surface area contributed by atoms with Crippen molar-refractivity contribution in [3.05, 3.63) is 10.6 Å². The minimum Gasteiger partial charge on any atom is -0.365 e. The molecule has 1 N–H and O–H groups in total. The normalized spacial score (nSPS) is 19.2. The van der Waals surface area contributed by atoms with Crippen molar-refractivity contribution in [1.82, 2.24) is 4.98 Å². The average Bonchev–Trinajstić information content (AvgIpc) is 2.53. The van der Waals surface area contributed by atoms with E-state index in [0.29, 0.717) is 6.61 Å². The molecule has 2 rings (SSSR count). The molecule has 4 heteroatoms. The summed E-state index contributed by atoms with van der Waals surface area (Å²) in [5.74, 6) is 0. The van der Waals surface area contributed by atoms with Gasteiger partial charge in [0, 0.05) is 7.05 Å². The van der Waals surface area contributed by atoms with E-state index in [1.807, 2.05) is 7.05 Å². The predicted molar refractivity (Wildman–Crippen MR) is 49.5 cm³/mol. The maximum atomic E-state index is 5.57. The van der Waals surface area contributed by atoms with Crippen LogP contribution in [0.15, 0.2) is 0 Å². The summed E-state index contributed by atoms with van der Waals surface area (Å²) in [6.45, 7) is 4.82. The number of anilines is 1. The summed E-state index contributed by atoms with van der Waals surface area (Å²) in [5.41, 5.74) is 0.901. The second kappa shape index (κ2) is 2.44. The third kappa shape index (κ3) is 1.03. The van der Waals surface area contributed by atoms with Crippen LogP contribution in [0.3, 0.4) is 0 Å². The molecule has 3 nitrogen and oxygen atoms in total. The second-order valence-corrected chi connectivity index (χ2v) is 4.42. The van der Waals surface area contributed by atoms with Crippen LogP contribution in [-0.4, -0.2) is 12.0 Å². The topological polar surface area (TPSA) is 34.2 Å². The zero-order chi connectivity index (χ0) is 8.77. The minimum absolute atomic E-state index is 0.194. The van der Waals surface area contributed by atoms with Crippen LogP contribution in [0.4, 0.5) is 5.13 Å². The van der Waals surface area contributed by atoms with Crippen molar-refractivity contribution in [2.75, 3.05) is 12.4 Å². The minimum atomic E-state index is -0.194. The number of nitrogens with zero attached hydrogens (tertiary/aromatic N) is 1.